The summed E-state index contributed by atoms with van der Waals surface area (Å²) in [6.45, 7) is 0.576. The van der Waals surface area contributed by atoms with Gasteiger partial charge in [-0.2, -0.15) is 16.9 Å². The molecule has 5 atom stereocenters. The Kier molecular flexibility index (Phi) is 13.2. The standard InChI is InChI=1S/C21H34N7O16P3S/c1-21(2,16(31)19(32)24-4-3-12(29)23-5-6-48)8-41-47(38,39)44-46(36,37)40-7-11-15(43-45(33,34)35)14(30)20(42-11)28-10-27-13-17(22)25-9-26-18(13)28/h9-10,14,16,20,30-31,48H,3-8H2,1-2H3,(H,23,29)(H,24,32)(H,36,37)(H,38,39)(H2,22,25,26)(H2,33,34,35)/t14-,16-,20+/m0/s1. The maximum Gasteiger partial charge on any atom is 0.524 e. The third-order valence-corrected chi connectivity index (χ3v) is 9.41. The summed E-state index contributed by atoms with van der Waals surface area (Å²) in [7, 11) is -16.4. The Hall–Kier alpha value is -2.69. The normalized spacial score (nSPS) is 20.1. The Bertz CT molecular complexity index is 1670. The summed E-state index contributed by atoms with van der Waals surface area (Å²) in [6.07, 6.45) is -3.37. The van der Waals surface area contributed by atoms with Crippen LogP contribution in [0.1, 0.15) is 26.5 Å². The van der Waals surface area contributed by atoms with Crippen LogP contribution in [0.5, 0.6) is 0 Å². The minimum Gasteiger partial charge on any atom is -0.465 e. The molecule has 2 unspecified atom stereocenters. The third-order valence-electron chi connectivity index (χ3n) is 6.19. The van der Waals surface area contributed by atoms with Crippen LogP contribution in [0.3, 0.4) is 0 Å². The summed E-state index contributed by atoms with van der Waals surface area (Å²) in [5.41, 5.74) is 4.24. The van der Waals surface area contributed by atoms with E-state index < -0.39 is 78.0 Å². The number of amides is 2. The number of imidazole rings is 1. The van der Waals surface area contributed by atoms with E-state index in [4.69, 9.17) is 15.0 Å². The first-order valence-corrected chi connectivity index (χ1v) is 18.6. The van der Waals surface area contributed by atoms with E-state index in [0.717, 1.165) is 17.2 Å². The van der Waals surface area contributed by atoms with Gasteiger partial charge in [-0.05, 0) is 0 Å². The highest BCUT2D eigenvalue weighted by Crippen LogP contribution is 2.61. The summed E-state index contributed by atoms with van der Waals surface area (Å²) in [4.78, 5) is 74.5. The molecule has 270 valence electrons. The molecule has 1 aliphatic heterocycles. The number of aliphatic hydroxyl groups excluding tert-OH is 2. The number of rotatable bonds is 18. The Morgan fingerprint density at radius 3 is 2.42 bits per heavy atom. The lowest BCUT2D eigenvalue weighted by atomic mass is 9.87. The number of thiol groups is 1. The van der Waals surface area contributed by atoms with Crippen molar-refractivity contribution in [3.05, 3.63) is 24.2 Å². The minimum atomic E-state index is -5.57. The number of nitrogens with two attached hydrogens (primary N) is 1. The van der Waals surface area contributed by atoms with E-state index in [1.54, 1.807) is 0 Å². The number of phosphoric acid groups is 3. The van der Waals surface area contributed by atoms with Gasteiger partial charge in [-0.25, -0.2) is 28.6 Å². The van der Waals surface area contributed by atoms with Crippen LogP contribution >= 0.6 is 36.1 Å². The van der Waals surface area contributed by atoms with Gasteiger partial charge < -0.3 is 45.6 Å². The monoisotopic (exact) mass is 765 g/mol. The van der Waals surface area contributed by atoms with Gasteiger partial charge in [0.15, 0.2) is 29.1 Å². The molecule has 0 bridgehead atoms. The number of anilines is 1. The molecule has 0 radical (unpaired) electrons. The van der Waals surface area contributed by atoms with Crippen molar-refractivity contribution in [2.75, 3.05) is 37.8 Å². The number of carbonyl (C=O) groups excluding carboxylic acids is 2. The second kappa shape index (κ2) is 15.9. The molecular weight excluding hydrogens is 731 g/mol. The highest BCUT2D eigenvalue weighted by atomic mass is 32.1. The number of hydrogen-bond acceptors (Lipinski definition) is 17. The summed E-state index contributed by atoms with van der Waals surface area (Å²) >= 11 is 3.95. The molecule has 27 heteroatoms. The van der Waals surface area contributed by atoms with E-state index >= 15 is 0 Å². The first-order valence-electron chi connectivity index (χ1n) is 13.4. The largest absolute Gasteiger partial charge is 0.524 e. The highest BCUT2D eigenvalue weighted by molar-refractivity contribution is 7.80. The maximum absolute atomic E-state index is 12.6. The predicted octanol–water partition coefficient (Wildman–Crippen LogP) is -1.19. The number of nitrogen functional groups attached to an aromatic ring is 1. The molecule has 2 aromatic rings. The zero-order valence-corrected chi connectivity index (χ0v) is 28.6. The first-order chi connectivity index (χ1) is 22.2. The van der Waals surface area contributed by atoms with Crippen molar-refractivity contribution < 1.29 is 75.7 Å². The first kappa shape index (κ1) is 39.7. The lowest BCUT2D eigenvalue weighted by Crippen LogP contribution is -2.46. The van der Waals surface area contributed by atoms with Crippen molar-refractivity contribution in [3.8, 4) is 0 Å². The Balaban J connectivity index is 1.63. The van der Waals surface area contributed by atoms with Crippen molar-refractivity contribution in [2.24, 2.45) is 5.41 Å². The van der Waals surface area contributed by atoms with Gasteiger partial charge in [0.2, 0.25) is 18.0 Å². The van der Waals surface area contributed by atoms with Crippen LogP contribution in [-0.2, 0) is 45.9 Å². The zero-order chi connectivity index (χ0) is 36.1. The highest BCUT2D eigenvalue weighted by Gasteiger charge is 2.45. The van der Waals surface area contributed by atoms with Crippen LogP contribution in [0.2, 0.25) is 0 Å². The lowest BCUT2D eigenvalue weighted by molar-refractivity contribution is -0.137. The van der Waals surface area contributed by atoms with Crippen LogP contribution in [0.25, 0.3) is 11.2 Å². The van der Waals surface area contributed by atoms with Crippen molar-refractivity contribution in [2.45, 2.75) is 38.7 Å². The number of ether oxygens (including phenoxy) is 1. The molecular formula is C21H34N7O16P3S. The number of nitrogens with one attached hydrogen (secondary N) is 2. The average molecular weight is 766 g/mol. The number of nitrogens with zero attached hydrogens (tertiary/aromatic N) is 4. The number of aromatic nitrogens is 4. The summed E-state index contributed by atoms with van der Waals surface area (Å²) in [5, 5.41) is 26.0. The topological polar surface area (TPSA) is 347 Å². The van der Waals surface area contributed by atoms with Crippen molar-refractivity contribution in [1.29, 1.82) is 0 Å². The fourth-order valence-corrected chi connectivity index (χ4v) is 6.62. The number of phosphoric ester groups is 3. The van der Waals surface area contributed by atoms with Crippen molar-refractivity contribution >= 4 is 64.9 Å². The number of carbonyl (C=O) groups is 2. The van der Waals surface area contributed by atoms with Crippen molar-refractivity contribution in [1.82, 2.24) is 30.2 Å². The van der Waals surface area contributed by atoms with E-state index in [9.17, 15) is 53.1 Å². The Morgan fingerprint density at radius 1 is 1.10 bits per heavy atom. The molecule has 23 nitrogen and oxygen atoms in total. The minimum absolute atomic E-state index is 0.0108. The number of fused-ring (bicyclic) bond motifs is 1. The fourth-order valence-electron chi connectivity index (χ4n) is 3.85. The smallest absolute Gasteiger partial charge is 0.465 e. The van der Waals surface area contributed by atoms with Crippen LogP contribution in [0, 0.1) is 5.41 Å². The molecule has 10 N–H and O–H groups in total. The van der Waals surface area contributed by atoms with Gasteiger partial charge in [0.25, 0.3) is 0 Å². The summed E-state index contributed by atoms with van der Waals surface area (Å²) in [6, 6.07) is 0. The van der Waals surface area contributed by atoms with Crippen LogP contribution < -0.4 is 16.4 Å². The molecule has 0 saturated carbocycles. The predicted molar refractivity (Wildman–Crippen MR) is 163 cm³/mol. The van der Waals surface area contributed by atoms with Gasteiger partial charge in [0.05, 0.1) is 6.61 Å². The average Bonchev–Trinajstić information content (AvgIpc) is 3.54. The van der Waals surface area contributed by atoms with Crippen molar-refractivity contribution in [3.63, 3.8) is 0 Å². The molecule has 0 aromatic carbocycles. The van der Waals surface area contributed by atoms with Crippen LogP contribution in [0.15, 0.2) is 24.2 Å². The molecule has 0 aliphatic carbocycles. The van der Waals surface area contributed by atoms with E-state index in [1.165, 1.54) is 13.8 Å². The van der Waals surface area contributed by atoms with E-state index in [2.05, 4.69) is 51.6 Å². The molecule has 48 heavy (non-hydrogen) atoms. The number of aliphatic hydroxyl groups is 2. The quantitative estimate of drug-likeness (QED) is 0.0630. The summed E-state index contributed by atoms with van der Waals surface area (Å²) in [5.74, 6) is -2.65. The molecule has 3 rings (SSSR count). The van der Waals surface area contributed by atoms with Gasteiger partial charge in [0.1, 0.15) is 30.9 Å². The fraction of sp³-hybridized carbons (Fsp3) is 0.571. The van der Waals surface area contributed by atoms with E-state index in [0.29, 0.717) is 12.3 Å². The maximum atomic E-state index is 12.6. The van der Waals surface area contributed by atoms with Crippen LogP contribution in [0.4, 0.5) is 5.82 Å². The second-order valence-electron chi connectivity index (χ2n) is 10.5. The van der Waals surface area contributed by atoms with Gasteiger partial charge in [-0.3, -0.25) is 33.0 Å². The molecule has 0 saturated heterocycles. The van der Waals surface area contributed by atoms with Crippen LogP contribution in [-0.4, -0.2) is 105 Å². The molecule has 0 spiro atoms. The molecule has 2 amide bonds. The van der Waals surface area contributed by atoms with E-state index in [1.807, 2.05) is 0 Å². The van der Waals surface area contributed by atoms with Gasteiger partial charge in [-0.1, -0.05) is 13.8 Å². The SMILES string of the molecule is CC(C)(COP(=O)(O)OP(=O)(O)OCC1=C(OP(=O)(O)O)[C@H](O)[C@H](n2cnc3c(N)ncnc32)O1)[C@@H](O)C(=O)NCCC(=O)NCCS. The Labute approximate surface area is 276 Å². The molecule has 3 heterocycles. The Morgan fingerprint density at radius 2 is 1.77 bits per heavy atom. The molecule has 2 aromatic heterocycles. The lowest BCUT2D eigenvalue weighted by Gasteiger charge is -2.29. The molecule has 0 fully saturated rings. The van der Waals surface area contributed by atoms with Gasteiger partial charge >= 0.3 is 23.5 Å². The van der Waals surface area contributed by atoms with Gasteiger partial charge in [0, 0.05) is 30.7 Å². The third kappa shape index (κ3) is 10.9. The summed E-state index contributed by atoms with van der Waals surface area (Å²) < 4.78 is 61.3. The second-order valence-corrected chi connectivity index (χ2v) is 15.1. The molecule has 1 aliphatic rings. The zero-order valence-electron chi connectivity index (χ0n) is 25.1. The van der Waals surface area contributed by atoms with Gasteiger partial charge in [-0.15, -0.1) is 0 Å². The van der Waals surface area contributed by atoms with E-state index in [-0.39, 0.29) is 35.9 Å². The number of hydrogen-bond donors (Lipinski definition) is 10.